The first-order valence-electron chi connectivity index (χ1n) is 5.47. The molecule has 1 aromatic carbocycles. The summed E-state index contributed by atoms with van der Waals surface area (Å²) in [4.78, 5) is 1.06. The van der Waals surface area contributed by atoms with E-state index in [1.165, 1.54) is 17.4 Å². The third-order valence-electron chi connectivity index (χ3n) is 2.63. The van der Waals surface area contributed by atoms with Gasteiger partial charge in [-0.1, -0.05) is 11.6 Å². The van der Waals surface area contributed by atoms with Crippen molar-refractivity contribution in [3.63, 3.8) is 0 Å². The first kappa shape index (κ1) is 13.5. The molecule has 0 bridgehead atoms. The van der Waals surface area contributed by atoms with Crippen molar-refractivity contribution in [2.24, 2.45) is 0 Å². The van der Waals surface area contributed by atoms with E-state index in [4.69, 9.17) is 11.6 Å². The summed E-state index contributed by atoms with van der Waals surface area (Å²) in [7, 11) is 0. The maximum Gasteiger partial charge on any atom is 0.128 e. The molecular weight excluding hydrogens is 276 g/mol. The van der Waals surface area contributed by atoms with Gasteiger partial charge in [0.2, 0.25) is 0 Å². The Hall–Kier alpha value is -0.970. The van der Waals surface area contributed by atoms with E-state index in [2.05, 4.69) is 5.32 Å². The van der Waals surface area contributed by atoms with Gasteiger partial charge < -0.3 is 5.32 Å². The molecule has 0 aliphatic carbocycles. The molecular formula is C13H12ClF2NS. The number of hydrogen-bond acceptors (Lipinski definition) is 2. The Morgan fingerprint density at radius 3 is 2.78 bits per heavy atom. The van der Waals surface area contributed by atoms with Crippen LogP contribution in [0.4, 0.5) is 8.78 Å². The molecule has 1 heterocycles. The third kappa shape index (κ3) is 3.28. The lowest BCUT2D eigenvalue weighted by Crippen LogP contribution is -2.18. The second kappa shape index (κ2) is 5.78. The molecule has 0 amide bonds. The Morgan fingerprint density at radius 2 is 2.11 bits per heavy atom. The van der Waals surface area contributed by atoms with Gasteiger partial charge in [-0.15, -0.1) is 11.3 Å². The van der Waals surface area contributed by atoms with E-state index in [1.807, 2.05) is 11.4 Å². The molecule has 0 saturated carbocycles. The summed E-state index contributed by atoms with van der Waals surface area (Å²) in [6, 6.07) is 5.07. The molecule has 18 heavy (non-hydrogen) atoms. The fraction of sp³-hybridized carbons (Fsp3) is 0.231. The fourth-order valence-corrected chi connectivity index (χ4v) is 2.68. The van der Waals surface area contributed by atoms with Crippen molar-refractivity contribution in [2.75, 3.05) is 0 Å². The van der Waals surface area contributed by atoms with Crippen LogP contribution in [-0.2, 0) is 6.54 Å². The first-order chi connectivity index (χ1) is 8.56. The van der Waals surface area contributed by atoms with E-state index in [0.29, 0.717) is 17.1 Å². The molecule has 1 N–H and O–H groups in total. The van der Waals surface area contributed by atoms with Gasteiger partial charge in [-0.3, -0.25) is 0 Å². The molecule has 1 unspecified atom stereocenters. The second-order valence-electron chi connectivity index (χ2n) is 4.00. The topological polar surface area (TPSA) is 12.0 Å². The number of rotatable bonds is 4. The van der Waals surface area contributed by atoms with E-state index in [9.17, 15) is 8.78 Å². The molecule has 0 aliphatic rings. The highest BCUT2D eigenvalue weighted by molar-refractivity contribution is 7.10. The van der Waals surface area contributed by atoms with Crippen molar-refractivity contribution >= 4 is 22.9 Å². The zero-order valence-corrected chi connectivity index (χ0v) is 11.3. The normalized spacial score (nSPS) is 12.7. The molecule has 0 fully saturated rings. The quantitative estimate of drug-likeness (QED) is 0.871. The van der Waals surface area contributed by atoms with Crippen LogP contribution in [-0.4, -0.2) is 0 Å². The van der Waals surface area contributed by atoms with Gasteiger partial charge in [0.25, 0.3) is 0 Å². The Balaban J connectivity index is 2.03. The average molecular weight is 288 g/mol. The molecule has 0 spiro atoms. The highest BCUT2D eigenvalue weighted by Crippen LogP contribution is 2.21. The highest BCUT2D eigenvalue weighted by atomic mass is 35.5. The standard InChI is InChI=1S/C13H12ClF2NS/c1-8(12-5-10(15)2-3-13(12)16)17-6-11-4-9(14)7-18-11/h2-5,7-8,17H,6H2,1H3. The highest BCUT2D eigenvalue weighted by Gasteiger charge is 2.11. The zero-order chi connectivity index (χ0) is 13.1. The molecule has 0 saturated heterocycles. The van der Waals surface area contributed by atoms with Crippen LogP contribution in [0.2, 0.25) is 5.02 Å². The van der Waals surface area contributed by atoms with Gasteiger partial charge in [0.15, 0.2) is 0 Å². The van der Waals surface area contributed by atoms with E-state index in [-0.39, 0.29) is 6.04 Å². The van der Waals surface area contributed by atoms with Gasteiger partial charge in [-0.05, 0) is 31.2 Å². The number of nitrogens with one attached hydrogen (secondary N) is 1. The lowest BCUT2D eigenvalue weighted by Gasteiger charge is -2.14. The van der Waals surface area contributed by atoms with Crippen LogP contribution >= 0.6 is 22.9 Å². The van der Waals surface area contributed by atoms with Gasteiger partial charge in [-0.25, -0.2) is 8.78 Å². The van der Waals surface area contributed by atoms with Crippen LogP contribution in [0.15, 0.2) is 29.6 Å². The van der Waals surface area contributed by atoms with Crippen LogP contribution in [0.3, 0.4) is 0 Å². The monoisotopic (exact) mass is 287 g/mol. The lowest BCUT2D eigenvalue weighted by atomic mass is 10.1. The van der Waals surface area contributed by atoms with Crippen molar-refractivity contribution in [3.05, 3.63) is 56.7 Å². The minimum absolute atomic E-state index is 0.262. The molecule has 1 nitrogen and oxygen atoms in total. The van der Waals surface area contributed by atoms with Crippen LogP contribution in [0.5, 0.6) is 0 Å². The van der Waals surface area contributed by atoms with Gasteiger partial charge >= 0.3 is 0 Å². The summed E-state index contributed by atoms with van der Waals surface area (Å²) in [5.41, 5.74) is 0.331. The fourth-order valence-electron chi connectivity index (χ4n) is 1.66. The van der Waals surface area contributed by atoms with E-state index in [0.717, 1.165) is 17.0 Å². The Bertz CT molecular complexity index is 542. The SMILES string of the molecule is CC(NCc1cc(Cl)cs1)c1cc(F)ccc1F. The average Bonchev–Trinajstić information content (AvgIpc) is 2.75. The minimum Gasteiger partial charge on any atom is -0.305 e. The van der Waals surface area contributed by atoms with Crippen molar-refractivity contribution in [2.45, 2.75) is 19.5 Å². The zero-order valence-electron chi connectivity index (χ0n) is 9.71. The molecule has 0 radical (unpaired) electrons. The summed E-state index contributed by atoms with van der Waals surface area (Å²) >= 11 is 7.34. The van der Waals surface area contributed by atoms with E-state index in [1.54, 1.807) is 6.92 Å². The molecule has 1 atom stereocenters. The van der Waals surface area contributed by atoms with Crippen molar-refractivity contribution in [3.8, 4) is 0 Å². The van der Waals surface area contributed by atoms with Crippen LogP contribution in [0.1, 0.15) is 23.4 Å². The maximum absolute atomic E-state index is 13.5. The summed E-state index contributed by atoms with van der Waals surface area (Å²) in [6.07, 6.45) is 0. The van der Waals surface area contributed by atoms with Gasteiger partial charge in [-0.2, -0.15) is 0 Å². The van der Waals surface area contributed by atoms with Gasteiger partial charge in [0.1, 0.15) is 11.6 Å². The lowest BCUT2D eigenvalue weighted by molar-refractivity contribution is 0.520. The molecule has 2 rings (SSSR count). The first-order valence-corrected chi connectivity index (χ1v) is 6.73. The number of thiophene rings is 1. The predicted octanol–water partition coefficient (Wildman–Crippen LogP) is 4.53. The van der Waals surface area contributed by atoms with Gasteiger partial charge in [0.05, 0.1) is 5.02 Å². The van der Waals surface area contributed by atoms with Crippen molar-refractivity contribution < 1.29 is 8.78 Å². The smallest absolute Gasteiger partial charge is 0.128 e. The molecule has 96 valence electrons. The summed E-state index contributed by atoms with van der Waals surface area (Å²) in [5.74, 6) is -0.833. The minimum atomic E-state index is -0.431. The van der Waals surface area contributed by atoms with Gasteiger partial charge in [0, 0.05) is 28.4 Å². The van der Waals surface area contributed by atoms with E-state index < -0.39 is 11.6 Å². The Labute approximate surface area is 113 Å². The number of halogens is 3. The second-order valence-corrected chi connectivity index (χ2v) is 5.43. The van der Waals surface area contributed by atoms with Crippen LogP contribution in [0.25, 0.3) is 0 Å². The van der Waals surface area contributed by atoms with Crippen molar-refractivity contribution in [1.29, 1.82) is 0 Å². The Morgan fingerprint density at radius 1 is 1.33 bits per heavy atom. The van der Waals surface area contributed by atoms with Crippen molar-refractivity contribution in [1.82, 2.24) is 5.32 Å². The summed E-state index contributed by atoms with van der Waals surface area (Å²) < 4.78 is 26.6. The molecule has 2 aromatic rings. The number of hydrogen-bond donors (Lipinski definition) is 1. The molecule has 0 aliphatic heterocycles. The number of benzene rings is 1. The summed E-state index contributed by atoms with van der Waals surface area (Å²) in [5, 5.41) is 5.68. The predicted molar refractivity (Wildman–Crippen MR) is 70.9 cm³/mol. The molecule has 5 heteroatoms. The third-order valence-corrected chi connectivity index (χ3v) is 3.91. The van der Waals surface area contributed by atoms with E-state index >= 15 is 0 Å². The van der Waals surface area contributed by atoms with Crippen LogP contribution in [0, 0.1) is 11.6 Å². The molecule has 1 aromatic heterocycles. The summed E-state index contributed by atoms with van der Waals surface area (Å²) in [6.45, 7) is 2.38. The maximum atomic E-state index is 13.5. The van der Waals surface area contributed by atoms with Crippen LogP contribution < -0.4 is 5.32 Å². The Kier molecular flexibility index (Phi) is 4.32. The largest absolute Gasteiger partial charge is 0.305 e.